The Morgan fingerprint density at radius 1 is 0.818 bits per heavy atom. The normalized spacial score (nSPS) is 10.8. The summed E-state index contributed by atoms with van der Waals surface area (Å²) in [5.41, 5.74) is 5.52. The first-order valence-corrected chi connectivity index (χ1v) is 11.0. The molecule has 0 heterocycles. The second-order valence-electron chi connectivity index (χ2n) is 6.84. The number of hydrazone groups is 1. The zero-order valence-electron chi connectivity index (χ0n) is 18.3. The summed E-state index contributed by atoms with van der Waals surface area (Å²) in [5, 5.41) is 5.73. The van der Waals surface area contributed by atoms with Crippen LogP contribution in [0.1, 0.15) is 16.7 Å². The lowest BCUT2D eigenvalue weighted by molar-refractivity contribution is 0.285. The molecular formula is C24H23Cl3N2O4. The molecule has 0 fully saturated rings. The van der Waals surface area contributed by atoms with Crippen molar-refractivity contribution in [1.29, 1.82) is 0 Å². The van der Waals surface area contributed by atoms with Crippen molar-refractivity contribution in [3.05, 3.63) is 80.3 Å². The number of rotatable bonds is 10. The summed E-state index contributed by atoms with van der Waals surface area (Å²) in [6.45, 7) is 0.719. The number of nitrogens with one attached hydrogen (secondary N) is 1. The predicted octanol–water partition coefficient (Wildman–Crippen LogP) is 6.38. The highest BCUT2D eigenvalue weighted by Gasteiger charge is 2.13. The minimum atomic E-state index is 0.215. The second-order valence-corrected chi connectivity index (χ2v) is 8.09. The molecule has 0 spiro atoms. The Hall–Kier alpha value is -2.80. The van der Waals surface area contributed by atoms with Crippen molar-refractivity contribution < 1.29 is 18.9 Å². The van der Waals surface area contributed by atoms with Gasteiger partial charge in [0.2, 0.25) is 0 Å². The molecule has 0 aliphatic carbocycles. The SMILES string of the molecule is COc1ccc(CN/N=C/c2cc(Cl)c(OCc3ccc(Cl)cc3Cl)c(OC)c2)cc1OC. The minimum Gasteiger partial charge on any atom is -0.493 e. The molecule has 0 radical (unpaired) electrons. The third-order valence-electron chi connectivity index (χ3n) is 4.67. The number of nitrogens with zero attached hydrogens (tertiary/aromatic N) is 1. The number of methoxy groups -OCH3 is 3. The van der Waals surface area contributed by atoms with Gasteiger partial charge in [0, 0.05) is 15.6 Å². The van der Waals surface area contributed by atoms with Crippen LogP contribution >= 0.6 is 34.8 Å². The molecule has 0 saturated carbocycles. The third-order valence-corrected chi connectivity index (χ3v) is 5.54. The number of ether oxygens (including phenoxy) is 4. The Bertz CT molecular complexity index is 1140. The van der Waals surface area contributed by atoms with Crippen LogP contribution in [0.25, 0.3) is 0 Å². The molecule has 3 aromatic rings. The number of benzene rings is 3. The van der Waals surface area contributed by atoms with Crippen molar-refractivity contribution in [3.63, 3.8) is 0 Å². The van der Waals surface area contributed by atoms with Gasteiger partial charge in [-0.2, -0.15) is 5.10 Å². The molecule has 6 nitrogen and oxygen atoms in total. The van der Waals surface area contributed by atoms with Crippen LogP contribution in [0.4, 0.5) is 0 Å². The Morgan fingerprint density at radius 3 is 2.27 bits per heavy atom. The van der Waals surface area contributed by atoms with E-state index in [1.807, 2.05) is 18.2 Å². The van der Waals surface area contributed by atoms with Crippen molar-refractivity contribution in [3.8, 4) is 23.0 Å². The van der Waals surface area contributed by atoms with Crippen LogP contribution in [0.3, 0.4) is 0 Å². The van der Waals surface area contributed by atoms with E-state index in [9.17, 15) is 0 Å². The van der Waals surface area contributed by atoms with Gasteiger partial charge < -0.3 is 24.4 Å². The van der Waals surface area contributed by atoms with E-state index >= 15 is 0 Å². The van der Waals surface area contributed by atoms with Gasteiger partial charge >= 0.3 is 0 Å². The van der Waals surface area contributed by atoms with Gasteiger partial charge in [0.05, 0.1) is 39.1 Å². The van der Waals surface area contributed by atoms with Crippen molar-refractivity contribution >= 4 is 41.0 Å². The van der Waals surface area contributed by atoms with Crippen LogP contribution in [0, 0.1) is 0 Å². The predicted molar refractivity (Wildman–Crippen MR) is 133 cm³/mol. The molecule has 9 heteroatoms. The van der Waals surface area contributed by atoms with Gasteiger partial charge in [-0.1, -0.05) is 46.9 Å². The molecular weight excluding hydrogens is 487 g/mol. The Labute approximate surface area is 208 Å². The van der Waals surface area contributed by atoms with Crippen LogP contribution in [-0.2, 0) is 13.2 Å². The van der Waals surface area contributed by atoms with Crippen molar-refractivity contribution in [2.75, 3.05) is 21.3 Å². The summed E-state index contributed by atoms with van der Waals surface area (Å²) in [7, 11) is 4.74. The van der Waals surface area contributed by atoms with Crippen LogP contribution < -0.4 is 24.4 Å². The molecule has 0 saturated heterocycles. The van der Waals surface area contributed by atoms with Crippen molar-refractivity contribution in [1.82, 2.24) is 5.43 Å². The lowest BCUT2D eigenvalue weighted by Gasteiger charge is -2.14. The molecule has 0 aliphatic rings. The van der Waals surface area contributed by atoms with Crippen molar-refractivity contribution in [2.24, 2.45) is 5.10 Å². The van der Waals surface area contributed by atoms with Gasteiger partial charge in [-0.25, -0.2) is 0 Å². The first-order chi connectivity index (χ1) is 15.9. The average molecular weight is 510 g/mol. The van der Waals surface area contributed by atoms with Crippen molar-refractivity contribution in [2.45, 2.75) is 13.2 Å². The molecule has 3 aromatic carbocycles. The molecule has 0 aromatic heterocycles. The van der Waals surface area contributed by atoms with Gasteiger partial charge in [0.1, 0.15) is 6.61 Å². The molecule has 0 amide bonds. The lowest BCUT2D eigenvalue weighted by atomic mass is 10.2. The number of halogens is 3. The van der Waals surface area contributed by atoms with Gasteiger partial charge in [-0.05, 0) is 47.5 Å². The monoisotopic (exact) mass is 508 g/mol. The zero-order chi connectivity index (χ0) is 23.8. The number of hydrogen-bond donors (Lipinski definition) is 1. The molecule has 174 valence electrons. The van der Waals surface area contributed by atoms with E-state index in [0.29, 0.717) is 44.6 Å². The van der Waals surface area contributed by atoms with Gasteiger partial charge in [0.25, 0.3) is 0 Å². The fraction of sp³-hybridized carbons (Fsp3) is 0.208. The van der Waals surface area contributed by atoms with E-state index < -0.39 is 0 Å². The Balaban J connectivity index is 1.65. The summed E-state index contributed by atoms with van der Waals surface area (Å²) in [5.74, 6) is 2.23. The Kier molecular flexibility index (Phi) is 8.95. The number of hydrogen-bond acceptors (Lipinski definition) is 6. The minimum absolute atomic E-state index is 0.215. The summed E-state index contributed by atoms with van der Waals surface area (Å²) in [6.07, 6.45) is 1.65. The van der Waals surface area contributed by atoms with E-state index in [1.165, 1.54) is 0 Å². The zero-order valence-corrected chi connectivity index (χ0v) is 20.6. The fourth-order valence-electron chi connectivity index (χ4n) is 2.99. The molecule has 1 N–H and O–H groups in total. The molecule has 0 unspecified atom stereocenters. The van der Waals surface area contributed by atoms with E-state index in [-0.39, 0.29) is 6.61 Å². The van der Waals surface area contributed by atoms with Crippen LogP contribution in [0.2, 0.25) is 15.1 Å². The van der Waals surface area contributed by atoms with Crippen LogP contribution in [-0.4, -0.2) is 27.5 Å². The molecule has 33 heavy (non-hydrogen) atoms. The highest BCUT2D eigenvalue weighted by atomic mass is 35.5. The second kappa shape index (κ2) is 11.9. The smallest absolute Gasteiger partial charge is 0.180 e. The van der Waals surface area contributed by atoms with E-state index in [0.717, 1.165) is 16.7 Å². The summed E-state index contributed by atoms with van der Waals surface area (Å²) < 4.78 is 21.9. The molecule has 0 bridgehead atoms. The summed E-state index contributed by atoms with van der Waals surface area (Å²) in [4.78, 5) is 0. The first kappa shape index (κ1) is 24.8. The largest absolute Gasteiger partial charge is 0.493 e. The van der Waals surface area contributed by atoms with E-state index in [4.69, 9.17) is 53.8 Å². The lowest BCUT2D eigenvalue weighted by Crippen LogP contribution is -2.06. The fourth-order valence-corrected chi connectivity index (χ4v) is 3.73. The maximum atomic E-state index is 6.45. The Morgan fingerprint density at radius 2 is 1.58 bits per heavy atom. The quantitative estimate of drug-likeness (QED) is 0.254. The van der Waals surface area contributed by atoms with Gasteiger partial charge in [-0.3, -0.25) is 0 Å². The van der Waals surface area contributed by atoms with Gasteiger partial charge in [-0.15, -0.1) is 0 Å². The van der Waals surface area contributed by atoms with Crippen LogP contribution in [0.15, 0.2) is 53.6 Å². The average Bonchev–Trinajstić information content (AvgIpc) is 2.81. The third kappa shape index (κ3) is 6.60. The highest BCUT2D eigenvalue weighted by Crippen LogP contribution is 2.37. The van der Waals surface area contributed by atoms with Gasteiger partial charge in [0.15, 0.2) is 23.0 Å². The maximum absolute atomic E-state index is 6.45. The van der Waals surface area contributed by atoms with Crippen LogP contribution in [0.5, 0.6) is 23.0 Å². The highest BCUT2D eigenvalue weighted by molar-refractivity contribution is 6.35. The standard InChI is InChI=1S/C24H23Cl3N2O4/c1-30-21-7-4-15(9-22(21)31-2)12-28-29-13-16-8-20(27)24(23(10-16)32-3)33-14-17-5-6-18(25)11-19(17)26/h4-11,13,28H,12,14H2,1-3H3/b29-13+. The maximum Gasteiger partial charge on any atom is 0.180 e. The molecule has 3 rings (SSSR count). The van der Waals surface area contributed by atoms with E-state index in [1.54, 1.807) is 57.9 Å². The summed E-state index contributed by atoms with van der Waals surface area (Å²) >= 11 is 18.6. The first-order valence-electron chi connectivity index (χ1n) is 9.86. The topological polar surface area (TPSA) is 61.3 Å². The summed E-state index contributed by atoms with van der Waals surface area (Å²) in [6, 6.07) is 14.4. The van der Waals surface area contributed by atoms with E-state index in [2.05, 4.69) is 10.5 Å². The molecule has 0 atom stereocenters. The molecule has 0 aliphatic heterocycles.